The van der Waals surface area contributed by atoms with E-state index in [1.807, 2.05) is 0 Å². The van der Waals surface area contributed by atoms with Crippen LogP contribution in [0.4, 0.5) is 0 Å². The van der Waals surface area contributed by atoms with Crippen molar-refractivity contribution in [2.24, 2.45) is 0 Å². The van der Waals surface area contributed by atoms with Crippen LogP contribution in [0.15, 0.2) is 0 Å². The van der Waals surface area contributed by atoms with E-state index in [0.29, 0.717) is 0 Å². The number of hydrogen-bond acceptors (Lipinski definition) is 4. The highest BCUT2D eigenvalue weighted by Crippen LogP contribution is 1.82. The molecule has 0 radical (unpaired) electrons. The SMILES string of the molecule is CCO.O1O[SiH2]O[SiH2]1. The van der Waals surface area contributed by atoms with Crippen molar-refractivity contribution in [3.8, 4) is 0 Å². The van der Waals surface area contributed by atoms with E-state index in [4.69, 9.17) is 9.22 Å². The van der Waals surface area contributed by atoms with Gasteiger partial charge in [0, 0.05) is 6.61 Å². The molecule has 1 saturated heterocycles. The van der Waals surface area contributed by atoms with E-state index in [9.17, 15) is 0 Å². The Kier molecular flexibility index (Phi) is 7.52. The molecule has 1 N–H and O–H groups in total. The fourth-order valence-electron chi connectivity index (χ4n) is 0.170. The molecule has 6 heteroatoms. The molecular weight excluding hydrogens is 144 g/mol. The molecule has 1 fully saturated rings. The summed E-state index contributed by atoms with van der Waals surface area (Å²) in [6.45, 7) is 1.93. The molecular formula is C2H10O4Si2. The molecule has 0 atom stereocenters. The Hall–Kier alpha value is 0.274. The highest BCUT2D eigenvalue weighted by Gasteiger charge is 1.98. The number of rotatable bonds is 0. The predicted molar refractivity (Wildman–Crippen MR) is 33.1 cm³/mol. The Morgan fingerprint density at radius 3 is 1.88 bits per heavy atom. The first-order chi connectivity index (χ1) is 3.91. The topological polar surface area (TPSA) is 47.9 Å². The maximum Gasteiger partial charge on any atom is 0.334 e. The molecule has 1 aliphatic heterocycles. The van der Waals surface area contributed by atoms with Gasteiger partial charge in [-0.15, -0.1) is 0 Å². The lowest BCUT2D eigenvalue weighted by atomic mass is 10.9. The highest BCUT2D eigenvalue weighted by atomic mass is 28.3. The van der Waals surface area contributed by atoms with Gasteiger partial charge in [0.05, 0.1) is 0 Å². The monoisotopic (exact) mass is 154 g/mol. The van der Waals surface area contributed by atoms with Gasteiger partial charge in [0.2, 0.25) is 0 Å². The van der Waals surface area contributed by atoms with Gasteiger partial charge in [0.15, 0.2) is 0 Å². The first kappa shape index (κ1) is 8.27. The lowest BCUT2D eigenvalue weighted by molar-refractivity contribution is -0.0859. The normalized spacial score (nSPS) is 23.2. The Morgan fingerprint density at radius 1 is 1.38 bits per heavy atom. The minimum absolute atomic E-state index is 0.250. The molecule has 1 aliphatic rings. The molecule has 4 nitrogen and oxygen atoms in total. The molecule has 0 unspecified atom stereocenters. The van der Waals surface area contributed by atoms with Crippen LogP contribution in [-0.4, -0.2) is 31.7 Å². The van der Waals surface area contributed by atoms with Crippen LogP contribution in [0.3, 0.4) is 0 Å². The van der Waals surface area contributed by atoms with Gasteiger partial charge in [0.25, 0.3) is 0 Å². The van der Waals surface area contributed by atoms with Crippen LogP contribution in [-0.2, 0) is 13.3 Å². The molecule has 1 rings (SSSR count). The fourth-order valence-corrected chi connectivity index (χ4v) is 1.53. The maximum absolute atomic E-state index is 7.57. The Bertz CT molecular complexity index is 31.4. The minimum Gasteiger partial charge on any atom is -0.421 e. The van der Waals surface area contributed by atoms with Gasteiger partial charge in [-0.1, -0.05) is 0 Å². The molecule has 0 saturated carbocycles. The fraction of sp³-hybridized carbons (Fsp3) is 1.00. The lowest BCUT2D eigenvalue weighted by Crippen LogP contribution is -1.86. The molecule has 8 heavy (non-hydrogen) atoms. The Labute approximate surface area is 52.8 Å². The summed E-state index contributed by atoms with van der Waals surface area (Å²) in [5.74, 6) is 0. The van der Waals surface area contributed by atoms with E-state index in [1.165, 1.54) is 0 Å². The van der Waals surface area contributed by atoms with Crippen LogP contribution in [0.25, 0.3) is 0 Å². The Balaban J connectivity index is 0.000000145. The van der Waals surface area contributed by atoms with E-state index in [0.717, 1.165) is 0 Å². The number of aliphatic hydroxyl groups is 1. The van der Waals surface area contributed by atoms with E-state index in [-0.39, 0.29) is 6.61 Å². The summed E-state index contributed by atoms with van der Waals surface area (Å²) in [5.41, 5.74) is 0. The summed E-state index contributed by atoms with van der Waals surface area (Å²) in [7, 11) is -1.23. The molecule has 0 bridgehead atoms. The van der Waals surface area contributed by atoms with Crippen LogP contribution < -0.4 is 0 Å². The van der Waals surface area contributed by atoms with Crippen molar-refractivity contribution in [1.29, 1.82) is 0 Å². The number of hydrogen-bond donors (Lipinski definition) is 1. The second-order valence-corrected chi connectivity index (χ2v) is 3.57. The van der Waals surface area contributed by atoms with Crippen molar-refractivity contribution < 1.29 is 18.4 Å². The van der Waals surface area contributed by atoms with E-state index >= 15 is 0 Å². The average Bonchev–Trinajstić information content (AvgIpc) is 2.17. The number of aliphatic hydroxyl groups excluding tert-OH is 1. The molecule has 0 aromatic heterocycles. The van der Waals surface area contributed by atoms with Gasteiger partial charge in [-0.05, 0) is 6.92 Å². The lowest BCUT2D eigenvalue weighted by Gasteiger charge is -1.75. The summed E-state index contributed by atoms with van der Waals surface area (Å²) in [5, 5.41) is 7.57. The Morgan fingerprint density at radius 2 is 1.75 bits per heavy atom. The van der Waals surface area contributed by atoms with E-state index in [1.54, 1.807) is 6.92 Å². The zero-order valence-electron chi connectivity index (χ0n) is 4.79. The van der Waals surface area contributed by atoms with Gasteiger partial charge in [-0.3, -0.25) is 9.15 Å². The van der Waals surface area contributed by atoms with Crippen molar-refractivity contribution in [2.45, 2.75) is 6.92 Å². The van der Waals surface area contributed by atoms with E-state index < -0.39 is 20.0 Å². The van der Waals surface area contributed by atoms with Crippen molar-refractivity contribution in [2.75, 3.05) is 6.61 Å². The predicted octanol–water partition coefficient (Wildman–Crippen LogP) is -2.04. The minimum atomic E-state index is -0.617. The van der Waals surface area contributed by atoms with E-state index in [2.05, 4.69) is 9.15 Å². The first-order valence-corrected chi connectivity index (χ1v) is 4.65. The second-order valence-electron chi connectivity index (χ2n) is 0.992. The highest BCUT2D eigenvalue weighted by molar-refractivity contribution is 6.37. The van der Waals surface area contributed by atoms with Crippen LogP contribution in [0.2, 0.25) is 0 Å². The molecule has 0 spiro atoms. The summed E-state index contributed by atoms with van der Waals surface area (Å²) < 4.78 is 13.6. The zero-order chi connectivity index (χ0) is 6.24. The zero-order valence-corrected chi connectivity index (χ0v) is 7.62. The summed E-state index contributed by atoms with van der Waals surface area (Å²) >= 11 is 0. The molecule has 50 valence electrons. The molecule has 0 aromatic carbocycles. The van der Waals surface area contributed by atoms with Gasteiger partial charge in [-0.2, -0.15) is 0 Å². The maximum atomic E-state index is 7.57. The van der Waals surface area contributed by atoms with Crippen molar-refractivity contribution >= 4 is 20.0 Å². The van der Waals surface area contributed by atoms with Crippen molar-refractivity contribution in [1.82, 2.24) is 0 Å². The third-order valence-electron chi connectivity index (χ3n) is 0.346. The van der Waals surface area contributed by atoms with Gasteiger partial charge in [0.1, 0.15) is 0 Å². The third kappa shape index (κ3) is 6.27. The summed E-state index contributed by atoms with van der Waals surface area (Å²) in [4.78, 5) is 0. The smallest absolute Gasteiger partial charge is 0.334 e. The second kappa shape index (κ2) is 7.27. The summed E-state index contributed by atoms with van der Waals surface area (Å²) in [6, 6.07) is 0. The molecule has 0 amide bonds. The molecule has 0 aliphatic carbocycles. The summed E-state index contributed by atoms with van der Waals surface area (Å²) in [6.07, 6.45) is 0. The van der Waals surface area contributed by atoms with Crippen LogP contribution in [0.5, 0.6) is 0 Å². The molecule has 0 aromatic rings. The molecule has 1 heterocycles. The van der Waals surface area contributed by atoms with Crippen molar-refractivity contribution in [3.63, 3.8) is 0 Å². The average molecular weight is 154 g/mol. The largest absolute Gasteiger partial charge is 0.421 e. The quantitative estimate of drug-likeness (QED) is 0.323. The third-order valence-corrected chi connectivity index (χ3v) is 2.54. The first-order valence-electron chi connectivity index (χ1n) is 2.34. The standard InChI is InChI=1S/C2H6O.H4O3Si2/c1-2-3;1-2-5-3-4-1/h3H,2H2,1H3;4-5H2. The van der Waals surface area contributed by atoms with Gasteiger partial charge >= 0.3 is 20.0 Å². The van der Waals surface area contributed by atoms with Crippen LogP contribution in [0.1, 0.15) is 6.92 Å². The van der Waals surface area contributed by atoms with Gasteiger partial charge < -0.3 is 9.22 Å². The van der Waals surface area contributed by atoms with Gasteiger partial charge in [-0.25, -0.2) is 0 Å². The van der Waals surface area contributed by atoms with Crippen molar-refractivity contribution in [3.05, 3.63) is 0 Å². The van der Waals surface area contributed by atoms with Crippen LogP contribution >= 0.6 is 0 Å². The van der Waals surface area contributed by atoms with Crippen LogP contribution in [0, 0.1) is 0 Å².